The second-order valence-corrected chi connectivity index (χ2v) is 7.16. The third-order valence-corrected chi connectivity index (χ3v) is 5.13. The van der Waals surface area contributed by atoms with E-state index in [0.717, 1.165) is 50.4 Å². The topological polar surface area (TPSA) is 57.7 Å². The highest BCUT2D eigenvalue weighted by molar-refractivity contribution is 5.77. The van der Waals surface area contributed by atoms with Gasteiger partial charge in [0.25, 0.3) is 0 Å². The predicted molar refractivity (Wildman–Crippen MR) is 98.6 cm³/mol. The van der Waals surface area contributed by atoms with Crippen LogP contribution < -0.4 is 10.2 Å². The summed E-state index contributed by atoms with van der Waals surface area (Å²) in [5, 5.41) is 2.96. The van der Waals surface area contributed by atoms with E-state index in [9.17, 15) is 4.79 Å². The minimum absolute atomic E-state index is 0.0384. The molecule has 1 aromatic rings. The summed E-state index contributed by atoms with van der Waals surface area (Å²) in [6, 6.07) is 4.04. The lowest BCUT2D eigenvalue weighted by Gasteiger charge is -2.33. The number of nitrogens with one attached hydrogen (secondary N) is 1. The van der Waals surface area contributed by atoms with Crippen molar-refractivity contribution in [1.82, 2.24) is 15.2 Å². The van der Waals surface area contributed by atoms with Crippen LogP contribution in [-0.2, 0) is 16.1 Å². The van der Waals surface area contributed by atoms with Gasteiger partial charge in [-0.05, 0) is 37.6 Å². The first-order chi connectivity index (χ1) is 12.2. The molecule has 25 heavy (non-hydrogen) atoms. The number of hydrogen-bond donors (Lipinski definition) is 1. The Labute approximate surface area is 150 Å². The number of ether oxygens (including phenoxy) is 1. The van der Waals surface area contributed by atoms with Crippen molar-refractivity contribution in [2.24, 2.45) is 0 Å². The molecule has 1 amide bonds. The molecular formula is C19H30N4O2. The smallest absolute Gasteiger partial charge is 0.246 e. The number of piperazine rings is 1. The zero-order chi connectivity index (χ0) is 17.5. The van der Waals surface area contributed by atoms with Crippen molar-refractivity contribution in [1.29, 1.82) is 0 Å². The van der Waals surface area contributed by atoms with Crippen LogP contribution in [-0.4, -0.2) is 61.7 Å². The standard InChI is InChI=1S/C19H30N4O2/c1-22-9-11-23(12-10-22)18-13-16(7-8-20-18)14-21-19(24)15-25-17-5-3-2-4-6-17/h7-8,13,17H,2-6,9-12,14-15H2,1H3,(H,21,24). The third-order valence-electron chi connectivity index (χ3n) is 5.13. The number of rotatable bonds is 6. The predicted octanol–water partition coefficient (Wildman–Crippen LogP) is 1.80. The lowest BCUT2D eigenvalue weighted by Crippen LogP contribution is -2.44. The summed E-state index contributed by atoms with van der Waals surface area (Å²) >= 11 is 0. The lowest BCUT2D eigenvalue weighted by atomic mass is 9.98. The fraction of sp³-hybridized carbons (Fsp3) is 0.684. The van der Waals surface area contributed by atoms with Crippen molar-refractivity contribution in [2.75, 3.05) is 44.7 Å². The molecule has 0 aromatic carbocycles. The molecule has 1 saturated heterocycles. The van der Waals surface area contributed by atoms with Gasteiger partial charge < -0.3 is 19.9 Å². The molecule has 0 unspecified atom stereocenters. The summed E-state index contributed by atoms with van der Waals surface area (Å²) in [4.78, 5) is 21.1. The van der Waals surface area contributed by atoms with Gasteiger partial charge in [-0.3, -0.25) is 4.79 Å². The van der Waals surface area contributed by atoms with Crippen molar-refractivity contribution in [3.05, 3.63) is 23.9 Å². The van der Waals surface area contributed by atoms with E-state index in [4.69, 9.17) is 4.74 Å². The van der Waals surface area contributed by atoms with Crippen molar-refractivity contribution in [3.63, 3.8) is 0 Å². The summed E-state index contributed by atoms with van der Waals surface area (Å²) in [6.45, 7) is 4.79. The third kappa shape index (κ3) is 5.68. The molecule has 6 nitrogen and oxygen atoms in total. The van der Waals surface area contributed by atoms with E-state index < -0.39 is 0 Å². The van der Waals surface area contributed by atoms with Gasteiger partial charge in [-0.1, -0.05) is 19.3 Å². The monoisotopic (exact) mass is 346 g/mol. The van der Waals surface area contributed by atoms with Crippen LogP contribution in [0.5, 0.6) is 0 Å². The fourth-order valence-corrected chi connectivity index (χ4v) is 3.46. The van der Waals surface area contributed by atoms with E-state index in [2.05, 4.69) is 33.2 Å². The van der Waals surface area contributed by atoms with Crippen LogP contribution in [0, 0.1) is 0 Å². The number of anilines is 1. The van der Waals surface area contributed by atoms with Gasteiger partial charge in [-0.25, -0.2) is 4.98 Å². The zero-order valence-electron chi connectivity index (χ0n) is 15.2. The van der Waals surface area contributed by atoms with E-state index in [0.29, 0.717) is 6.54 Å². The highest BCUT2D eigenvalue weighted by Crippen LogP contribution is 2.20. The maximum absolute atomic E-state index is 12.0. The number of amides is 1. The molecule has 1 aliphatic heterocycles. The maximum Gasteiger partial charge on any atom is 0.246 e. The molecule has 0 bridgehead atoms. The number of likely N-dealkylation sites (N-methyl/N-ethyl adjacent to an activating group) is 1. The van der Waals surface area contributed by atoms with Crippen LogP contribution in [0.1, 0.15) is 37.7 Å². The number of hydrogen-bond acceptors (Lipinski definition) is 5. The number of nitrogens with zero attached hydrogens (tertiary/aromatic N) is 3. The maximum atomic E-state index is 12.0. The average Bonchev–Trinajstić information content (AvgIpc) is 2.66. The Bertz CT molecular complexity index is 552. The second-order valence-electron chi connectivity index (χ2n) is 7.16. The second kappa shape index (κ2) is 9.15. The van der Waals surface area contributed by atoms with Crippen LogP contribution in [0.15, 0.2) is 18.3 Å². The Kier molecular flexibility index (Phi) is 6.64. The number of pyridine rings is 1. The molecule has 1 aliphatic carbocycles. The molecule has 1 N–H and O–H groups in total. The average molecular weight is 346 g/mol. The van der Waals surface area contributed by atoms with Crippen molar-refractivity contribution in [2.45, 2.75) is 44.8 Å². The summed E-state index contributed by atoms with van der Waals surface area (Å²) in [7, 11) is 2.14. The quantitative estimate of drug-likeness (QED) is 0.851. The molecule has 1 saturated carbocycles. The molecule has 2 fully saturated rings. The van der Waals surface area contributed by atoms with Crippen LogP contribution in [0.3, 0.4) is 0 Å². The molecule has 0 radical (unpaired) electrons. The van der Waals surface area contributed by atoms with E-state index >= 15 is 0 Å². The van der Waals surface area contributed by atoms with E-state index in [1.807, 2.05) is 12.3 Å². The first kappa shape index (κ1) is 18.1. The number of carbonyl (C=O) groups is 1. The van der Waals surface area contributed by atoms with Crippen LogP contribution in [0.25, 0.3) is 0 Å². The summed E-state index contributed by atoms with van der Waals surface area (Å²) in [5.74, 6) is 0.960. The first-order valence-electron chi connectivity index (χ1n) is 9.47. The molecule has 2 aliphatic rings. The zero-order valence-corrected chi connectivity index (χ0v) is 15.2. The Morgan fingerprint density at radius 1 is 1.24 bits per heavy atom. The van der Waals surface area contributed by atoms with Gasteiger partial charge in [0.2, 0.25) is 5.91 Å². The Hall–Kier alpha value is -1.66. The van der Waals surface area contributed by atoms with Crippen molar-refractivity contribution in [3.8, 4) is 0 Å². The van der Waals surface area contributed by atoms with Gasteiger partial charge in [0, 0.05) is 38.9 Å². The van der Waals surface area contributed by atoms with Crippen LogP contribution in [0.2, 0.25) is 0 Å². The summed E-state index contributed by atoms with van der Waals surface area (Å²) in [6.07, 6.45) is 8.01. The lowest BCUT2D eigenvalue weighted by molar-refractivity contribution is -0.128. The minimum Gasteiger partial charge on any atom is -0.368 e. The molecule has 1 aromatic heterocycles. The van der Waals surface area contributed by atoms with Gasteiger partial charge >= 0.3 is 0 Å². The molecule has 2 heterocycles. The fourth-order valence-electron chi connectivity index (χ4n) is 3.46. The highest BCUT2D eigenvalue weighted by atomic mass is 16.5. The van der Waals surface area contributed by atoms with Crippen LogP contribution >= 0.6 is 0 Å². The van der Waals surface area contributed by atoms with Gasteiger partial charge in [-0.15, -0.1) is 0 Å². The molecule has 0 atom stereocenters. The Morgan fingerprint density at radius 2 is 2.00 bits per heavy atom. The normalized spacial score (nSPS) is 19.8. The summed E-state index contributed by atoms with van der Waals surface area (Å²) < 4.78 is 5.72. The first-order valence-corrected chi connectivity index (χ1v) is 9.47. The molecule has 3 rings (SSSR count). The Balaban J connectivity index is 1.43. The van der Waals surface area contributed by atoms with Gasteiger partial charge in [0.1, 0.15) is 12.4 Å². The SMILES string of the molecule is CN1CCN(c2cc(CNC(=O)COC3CCCCC3)ccn2)CC1. The van der Waals surface area contributed by atoms with E-state index in [1.165, 1.54) is 19.3 Å². The van der Waals surface area contributed by atoms with Crippen molar-refractivity contribution < 1.29 is 9.53 Å². The Morgan fingerprint density at radius 3 is 2.76 bits per heavy atom. The van der Waals surface area contributed by atoms with Gasteiger partial charge in [0.15, 0.2) is 0 Å². The minimum atomic E-state index is -0.0384. The van der Waals surface area contributed by atoms with Gasteiger partial charge in [0.05, 0.1) is 6.10 Å². The van der Waals surface area contributed by atoms with Gasteiger partial charge in [-0.2, -0.15) is 0 Å². The largest absolute Gasteiger partial charge is 0.368 e. The number of carbonyl (C=O) groups excluding carboxylic acids is 1. The van der Waals surface area contributed by atoms with E-state index in [1.54, 1.807) is 0 Å². The molecule has 138 valence electrons. The molecule has 0 spiro atoms. The highest BCUT2D eigenvalue weighted by Gasteiger charge is 2.16. The van der Waals surface area contributed by atoms with E-state index in [-0.39, 0.29) is 18.6 Å². The van der Waals surface area contributed by atoms with Crippen molar-refractivity contribution >= 4 is 11.7 Å². The van der Waals surface area contributed by atoms with Crippen LogP contribution in [0.4, 0.5) is 5.82 Å². The molecular weight excluding hydrogens is 316 g/mol. The summed E-state index contributed by atoms with van der Waals surface area (Å²) in [5.41, 5.74) is 1.08. The number of aromatic nitrogens is 1. The molecule has 6 heteroatoms.